The fraction of sp³-hybridized carbons (Fsp3) is 0.438. The first kappa shape index (κ1) is 17.0. The van der Waals surface area contributed by atoms with Crippen LogP contribution in [0.4, 0.5) is 0 Å². The van der Waals surface area contributed by atoms with Crippen LogP contribution in [0.3, 0.4) is 0 Å². The summed E-state index contributed by atoms with van der Waals surface area (Å²) in [5.41, 5.74) is 0.713. The van der Waals surface area contributed by atoms with Crippen LogP contribution in [-0.2, 0) is 33.3 Å². The van der Waals surface area contributed by atoms with Crippen LogP contribution in [0.25, 0.3) is 0 Å². The average molecular weight is 322 g/mol. The zero-order valence-electron chi connectivity index (χ0n) is 13.1. The van der Waals surface area contributed by atoms with Crippen LogP contribution in [0.5, 0.6) is 0 Å². The SMILES string of the molecule is CC(=O)OC1OC(c2ccccc2)[C@@H](OC(C)=O)[C@@H]1OC(C)=O. The first-order valence-corrected chi connectivity index (χ1v) is 7.10. The molecule has 1 saturated heterocycles. The predicted octanol–water partition coefficient (Wildman–Crippen LogP) is 1.51. The standard InChI is InChI=1S/C16H18O7/c1-9(17)20-14-13(12-7-5-4-6-8-12)23-16(22-11(3)19)15(14)21-10(2)18/h4-8,13-16H,1-3H3/t13?,14-,15+,16?/m1/s1. The Morgan fingerprint density at radius 1 is 0.826 bits per heavy atom. The maximum absolute atomic E-state index is 11.4. The number of rotatable bonds is 4. The highest BCUT2D eigenvalue weighted by atomic mass is 16.7. The van der Waals surface area contributed by atoms with Gasteiger partial charge in [-0.3, -0.25) is 14.4 Å². The highest BCUT2D eigenvalue weighted by molar-refractivity contribution is 5.68. The number of ether oxygens (including phenoxy) is 4. The molecule has 1 aliphatic heterocycles. The molecule has 0 spiro atoms. The molecule has 1 aromatic rings. The van der Waals surface area contributed by atoms with E-state index in [-0.39, 0.29) is 0 Å². The first-order valence-electron chi connectivity index (χ1n) is 7.10. The molecule has 0 amide bonds. The summed E-state index contributed by atoms with van der Waals surface area (Å²) in [5.74, 6) is -1.75. The van der Waals surface area contributed by atoms with Crippen LogP contribution < -0.4 is 0 Å². The molecule has 1 aromatic carbocycles. The lowest BCUT2D eigenvalue weighted by atomic mass is 10.0. The monoisotopic (exact) mass is 322 g/mol. The molecule has 1 fully saturated rings. The zero-order chi connectivity index (χ0) is 17.0. The van der Waals surface area contributed by atoms with Crippen LogP contribution in [0.15, 0.2) is 30.3 Å². The van der Waals surface area contributed by atoms with Crippen molar-refractivity contribution in [2.45, 2.75) is 45.4 Å². The lowest BCUT2D eigenvalue weighted by Gasteiger charge is -2.22. The molecule has 2 rings (SSSR count). The maximum Gasteiger partial charge on any atom is 0.305 e. The molecule has 7 nitrogen and oxygen atoms in total. The summed E-state index contributed by atoms with van der Waals surface area (Å²) < 4.78 is 21.2. The van der Waals surface area contributed by atoms with Gasteiger partial charge in [-0.15, -0.1) is 0 Å². The second kappa shape index (κ2) is 7.23. The fourth-order valence-electron chi connectivity index (χ4n) is 2.43. The van der Waals surface area contributed by atoms with Gasteiger partial charge in [-0.2, -0.15) is 0 Å². The zero-order valence-corrected chi connectivity index (χ0v) is 13.1. The lowest BCUT2D eigenvalue weighted by Crippen LogP contribution is -2.39. The lowest BCUT2D eigenvalue weighted by molar-refractivity contribution is -0.195. The molecule has 23 heavy (non-hydrogen) atoms. The van der Waals surface area contributed by atoms with E-state index in [0.717, 1.165) is 0 Å². The van der Waals surface area contributed by atoms with Crippen LogP contribution in [0.2, 0.25) is 0 Å². The van der Waals surface area contributed by atoms with Gasteiger partial charge in [0, 0.05) is 20.8 Å². The van der Waals surface area contributed by atoms with E-state index in [1.165, 1.54) is 20.8 Å². The second-order valence-corrected chi connectivity index (χ2v) is 5.09. The van der Waals surface area contributed by atoms with E-state index in [9.17, 15) is 14.4 Å². The number of hydrogen-bond acceptors (Lipinski definition) is 7. The van der Waals surface area contributed by atoms with Crippen molar-refractivity contribution in [1.82, 2.24) is 0 Å². The summed E-state index contributed by atoms with van der Waals surface area (Å²) in [6.45, 7) is 3.67. The van der Waals surface area contributed by atoms with Gasteiger partial charge in [-0.05, 0) is 5.56 Å². The van der Waals surface area contributed by atoms with Gasteiger partial charge in [0.1, 0.15) is 6.10 Å². The normalized spacial score (nSPS) is 26.4. The highest BCUT2D eigenvalue weighted by Gasteiger charge is 2.51. The third-order valence-electron chi connectivity index (χ3n) is 3.19. The summed E-state index contributed by atoms with van der Waals surface area (Å²) in [5, 5.41) is 0. The van der Waals surface area contributed by atoms with Gasteiger partial charge in [0.05, 0.1) is 0 Å². The smallest absolute Gasteiger partial charge is 0.305 e. The maximum atomic E-state index is 11.4. The minimum Gasteiger partial charge on any atom is -0.455 e. The van der Waals surface area contributed by atoms with Crippen molar-refractivity contribution >= 4 is 17.9 Å². The molecule has 0 radical (unpaired) electrons. The molecule has 0 N–H and O–H groups in total. The fourth-order valence-corrected chi connectivity index (χ4v) is 2.43. The van der Waals surface area contributed by atoms with E-state index in [1.54, 1.807) is 24.3 Å². The molecule has 4 atom stereocenters. The van der Waals surface area contributed by atoms with Gasteiger partial charge in [-0.25, -0.2) is 0 Å². The molecule has 0 saturated carbocycles. The number of carbonyl (C=O) groups is 3. The molecule has 0 aromatic heterocycles. The van der Waals surface area contributed by atoms with E-state index in [2.05, 4.69) is 0 Å². The van der Waals surface area contributed by atoms with Crippen molar-refractivity contribution in [2.24, 2.45) is 0 Å². The molecule has 1 heterocycles. The number of esters is 3. The van der Waals surface area contributed by atoms with Crippen LogP contribution in [0.1, 0.15) is 32.4 Å². The van der Waals surface area contributed by atoms with Crippen molar-refractivity contribution in [1.29, 1.82) is 0 Å². The van der Waals surface area contributed by atoms with Crippen LogP contribution in [0, 0.1) is 0 Å². The van der Waals surface area contributed by atoms with E-state index < -0.39 is 42.5 Å². The van der Waals surface area contributed by atoms with E-state index in [0.29, 0.717) is 5.56 Å². The van der Waals surface area contributed by atoms with E-state index in [1.807, 2.05) is 6.07 Å². The van der Waals surface area contributed by atoms with Gasteiger partial charge < -0.3 is 18.9 Å². The van der Waals surface area contributed by atoms with Crippen LogP contribution >= 0.6 is 0 Å². The van der Waals surface area contributed by atoms with Crippen molar-refractivity contribution in [3.05, 3.63) is 35.9 Å². The van der Waals surface area contributed by atoms with Gasteiger partial charge >= 0.3 is 17.9 Å². The largest absolute Gasteiger partial charge is 0.455 e. The molecule has 124 valence electrons. The average Bonchev–Trinajstić information content (AvgIpc) is 2.76. The van der Waals surface area contributed by atoms with Gasteiger partial charge in [0.25, 0.3) is 0 Å². The number of carbonyl (C=O) groups excluding carboxylic acids is 3. The summed E-state index contributed by atoms with van der Waals surface area (Å²) in [6, 6.07) is 8.98. The van der Waals surface area contributed by atoms with Crippen molar-refractivity contribution in [3.63, 3.8) is 0 Å². The molecule has 7 heteroatoms. The van der Waals surface area contributed by atoms with Crippen molar-refractivity contribution in [3.8, 4) is 0 Å². The summed E-state index contributed by atoms with van der Waals surface area (Å²) in [4.78, 5) is 34.0. The molecule has 0 aliphatic carbocycles. The molecular formula is C16H18O7. The molecule has 1 aliphatic rings. The Hall–Kier alpha value is -2.41. The number of hydrogen-bond donors (Lipinski definition) is 0. The Morgan fingerprint density at radius 3 is 1.87 bits per heavy atom. The van der Waals surface area contributed by atoms with Gasteiger partial charge in [0.2, 0.25) is 12.4 Å². The predicted molar refractivity (Wildman–Crippen MR) is 76.9 cm³/mol. The van der Waals surface area contributed by atoms with Crippen molar-refractivity contribution in [2.75, 3.05) is 0 Å². The van der Waals surface area contributed by atoms with Crippen molar-refractivity contribution < 1.29 is 33.3 Å². The Balaban J connectivity index is 2.34. The topological polar surface area (TPSA) is 88.1 Å². The first-order chi connectivity index (χ1) is 10.9. The summed E-state index contributed by atoms with van der Waals surface area (Å²) in [6.07, 6.45) is -3.81. The molecular weight excluding hydrogens is 304 g/mol. The quantitative estimate of drug-likeness (QED) is 0.613. The highest BCUT2D eigenvalue weighted by Crippen LogP contribution is 2.37. The number of benzene rings is 1. The summed E-state index contributed by atoms with van der Waals surface area (Å²) in [7, 11) is 0. The second-order valence-electron chi connectivity index (χ2n) is 5.09. The van der Waals surface area contributed by atoms with Gasteiger partial charge in [0.15, 0.2) is 6.10 Å². The minimum atomic E-state index is -1.15. The van der Waals surface area contributed by atoms with E-state index >= 15 is 0 Å². The Labute approximate surface area is 133 Å². The minimum absolute atomic E-state index is 0.555. The molecule has 2 unspecified atom stereocenters. The molecule has 0 bridgehead atoms. The Morgan fingerprint density at radius 2 is 1.35 bits per heavy atom. The van der Waals surface area contributed by atoms with Gasteiger partial charge in [-0.1, -0.05) is 30.3 Å². The Bertz CT molecular complexity index is 583. The Kier molecular flexibility index (Phi) is 5.33. The summed E-state index contributed by atoms with van der Waals surface area (Å²) >= 11 is 0. The van der Waals surface area contributed by atoms with E-state index in [4.69, 9.17) is 18.9 Å². The third-order valence-corrected chi connectivity index (χ3v) is 3.19. The third kappa shape index (κ3) is 4.29. The van der Waals surface area contributed by atoms with Crippen LogP contribution in [-0.4, -0.2) is 36.4 Å².